The van der Waals surface area contributed by atoms with E-state index < -0.39 is 39.9 Å². The zero-order valence-corrected chi connectivity index (χ0v) is 9.53. The van der Waals surface area contributed by atoms with E-state index in [0.29, 0.717) is 0 Å². The molecule has 106 valence electrons. The Hall–Kier alpha value is -1.64. The third-order valence-electron chi connectivity index (χ3n) is 2.12. The molecule has 0 saturated carbocycles. The normalized spacial score (nSPS) is 13.7. The van der Waals surface area contributed by atoms with Crippen LogP contribution in [0.1, 0.15) is 16.7 Å². The van der Waals surface area contributed by atoms with Gasteiger partial charge in [-0.15, -0.1) is 0 Å². The van der Waals surface area contributed by atoms with Gasteiger partial charge in [0.2, 0.25) is 0 Å². The molecule has 0 radical (unpaired) electrons. The van der Waals surface area contributed by atoms with Crippen LogP contribution in [0.4, 0.5) is 26.3 Å². The van der Waals surface area contributed by atoms with Crippen molar-refractivity contribution in [1.82, 2.24) is 0 Å². The molecule has 0 bridgehead atoms. The van der Waals surface area contributed by atoms with E-state index in [2.05, 4.69) is 5.16 Å². The number of nitrogens with zero attached hydrogens (tertiary/aromatic N) is 1. The quantitative estimate of drug-likeness (QED) is 0.274. The first-order chi connectivity index (χ1) is 8.50. The Morgan fingerprint density at radius 2 is 1.47 bits per heavy atom. The molecule has 0 unspecified atom stereocenters. The van der Waals surface area contributed by atoms with Gasteiger partial charge in [0.25, 0.3) is 0 Å². The molecule has 0 aromatic heterocycles. The monoisotopic (exact) mass is 306 g/mol. The van der Waals surface area contributed by atoms with Crippen LogP contribution in [0, 0.1) is 0 Å². The Labute approximate surface area is 107 Å². The van der Waals surface area contributed by atoms with E-state index in [1.165, 1.54) is 0 Å². The Bertz CT molecular complexity index is 523. The smallest absolute Gasteiger partial charge is 0.409 e. The zero-order valence-electron chi connectivity index (χ0n) is 8.77. The van der Waals surface area contributed by atoms with E-state index >= 15 is 0 Å². The van der Waals surface area contributed by atoms with Crippen molar-refractivity contribution < 1.29 is 31.5 Å². The summed E-state index contributed by atoms with van der Waals surface area (Å²) in [4.78, 5) is 0. The highest BCUT2D eigenvalue weighted by atomic mass is 35.5. The van der Waals surface area contributed by atoms with Gasteiger partial charge in [0.1, 0.15) is 0 Å². The summed E-state index contributed by atoms with van der Waals surface area (Å²) in [5, 5.41) is 9.33. The molecule has 0 amide bonds. The largest absolute Gasteiger partial charge is 0.417 e. The minimum Gasteiger partial charge on any atom is -0.409 e. The second kappa shape index (κ2) is 4.80. The van der Waals surface area contributed by atoms with Crippen LogP contribution in [0.25, 0.3) is 0 Å². The number of hydrogen-bond acceptors (Lipinski definition) is 2. The number of rotatable bonds is 1. The number of hydrogen-bond donors (Lipinski definition) is 2. The fourth-order valence-electron chi connectivity index (χ4n) is 1.33. The summed E-state index contributed by atoms with van der Waals surface area (Å²) in [6, 6.07) is 0.349. The first-order valence-electron chi connectivity index (χ1n) is 4.45. The molecule has 3 N–H and O–H groups in total. The highest BCUT2D eigenvalue weighted by Gasteiger charge is 2.40. The van der Waals surface area contributed by atoms with Crippen LogP contribution >= 0.6 is 11.6 Å². The fraction of sp³-hybridized carbons (Fsp3) is 0.222. The average molecular weight is 307 g/mol. The number of nitrogens with two attached hydrogens (primary N) is 1. The van der Waals surface area contributed by atoms with E-state index in [1.807, 2.05) is 0 Å². The molecule has 0 saturated heterocycles. The molecule has 0 heterocycles. The number of halogens is 7. The van der Waals surface area contributed by atoms with Crippen molar-refractivity contribution in [3.05, 3.63) is 33.8 Å². The SMILES string of the molecule is NC(=NO)c1c(C(F)(F)F)ccc(C(F)(F)F)c1Cl. The second-order valence-corrected chi connectivity index (χ2v) is 3.71. The minimum atomic E-state index is -5.00. The van der Waals surface area contributed by atoms with Crippen molar-refractivity contribution in [2.45, 2.75) is 12.4 Å². The molecule has 0 fully saturated rings. The van der Waals surface area contributed by atoms with Crippen LogP contribution in [-0.4, -0.2) is 11.0 Å². The molecule has 0 aliphatic carbocycles. The van der Waals surface area contributed by atoms with Crippen LogP contribution in [-0.2, 0) is 12.4 Å². The third kappa shape index (κ3) is 3.03. The molecule has 0 spiro atoms. The maximum absolute atomic E-state index is 12.6. The van der Waals surface area contributed by atoms with E-state index in [-0.39, 0.29) is 12.1 Å². The Morgan fingerprint density at radius 1 is 1.05 bits per heavy atom. The fourth-order valence-corrected chi connectivity index (χ4v) is 1.70. The van der Waals surface area contributed by atoms with E-state index in [9.17, 15) is 26.3 Å². The van der Waals surface area contributed by atoms with Gasteiger partial charge in [-0.1, -0.05) is 16.8 Å². The van der Waals surface area contributed by atoms with Gasteiger partial charge in [0, 0.05) is 0 Å². The summed E-state index contributed by atoms with van der Waals surface area (Å²) in [7, 11) is 0. The molecule has 0 aliphatic heterocycles. The van der Waals surface area contributed by atoms with Gasteiger partial charge >= 0.3 is 12.4 Å². The first kappa shape index (κ1) is 15.4. The zero-order chi connectivity index (χ0) is 15.0. The summed E-state index contributed by atoms with van der Waals surface area (Å²) >= 11 is 5.29. The van der Waals surface area contributed by atoms with Crippen LogP contribution < -0.4 is 5.73 Å². The minimum absolute atomic E-state index is 0.169. The van der Waals surface area contributed by atoms with Crippen LogP contribution in [0.2, 0.25) is 5.02 Å². The van der Waals surface area contributed by atoms with E-state index in [1.54, 1.807) is 0 Å². The Kier molecular flexibility index (Phi) is 3.89. The molecular weight excluding hydrogens is 302 g/mol. The second-order valence-electron chi connectivity index (χ2n) is 3.33. The molecule has 10 heteroatoms. The highest BCUT2D eigenvalue weighted by Crippen LogP contribution is 2.41. The Morgan fingerprint density at radius 3 is 1.84 bits per heavy atom. The maximum atomic E-state index is 12.6. The van der Waals surface area contributed by atoms with Crippen molar-refractivity contribution in [2.75, 3.05) is 0 Å². The van der Waals surface area contributed by atoms with Crippen molar-refractivity contribution in [1.29, 1.82) is 0 Å². The topological polar surface area (TPSA) is 58.6 Å². The highest BCUT2D eigenvalue weighted by molar-refractivity contribution is 6.35. The van der Waals surface area contributed by atoms with Crippen molar-refractivity contribution in [3.8, 4) is 0 Å². The van der Waals surface area contributed by atoms with Crippen molar-refractivity contribution in [3.63, 3.8) is 0 Å². The lowest BCUT2D eigenvalue weighted by Gasteiger charge is -2.17. The van der Waals surface area contributed by atoms with Gasteiger partial charge < -0.3 is 10.9 Å². The molecule has 1 aromatic rings. The predicted octanol–water partition coefficient (Wildman–Crippen LogP) is 3.47. The molecule has 1 aromatic carbocycles. The predicted molar refractivity (Wildman–Crippen MR) is 54.0 cm³/mol. The number of benzene rings is 1. The molecule has 0 atom stereocenters. The van der Waals surface area contributed by atoms with Gasteiger partial charge in [-0.05, 0) is 12.1 Å². The van der Waals surface area contributed by atoms with Crippen LogP contribution in [0.15, 0.2) is 17.3 Å². The summed E-state index contributed by atoms with van der Waals surface area (Å²) in [6.45, 7) is 0. The molecule has 0 aliphatic rings. The summed E-state index contributed by atoms with van der Waals surface area (Å²) in [6.07, 6.45) is -9.97. The summed E-state index contributed by atoms with van der Waals surface area (Å²) in [5.74, 6) is -1.16. The first-order valence-corrected chi connectivity index (χ1v) is 4.82. The number of oxime groups is 1. The molecule has 19 heavy (non-hydrogen) atoms. The van der Waals surface area contributed by atoms with Gasteiger partial charge in [-0.25, -0.2) is 0 Å². The van der Waals surface area contributed by atoms with Gasteiger partial charge in [-0.3, -0.25) is 0 Å². The van der Waals surface area contributed by atoms with Gasteiger partial charge in [0.15, 0.2) is 5.84 Å². The lowest BCUT2D eigenvalue weighted by molar-refractivity contribution is -0.141. The van der Waals surface area contributed by atoms with E-state index in [0.717, 1.165) is 0 Å². The van der Waals surface area contributed by atoms with E-state index in [4.69, 9.17) is 22.5 Å². The lowest BCUT2D eigenvalue weighted by Crippen LogP contribution is -2.22. The molecule has 3 nitrogen and oxygen atoms in total. The average Bonchev–Trinajstić information content (AvgIpc) is 2.24. The van der Waals surface area contributed by atoms with Crippen LogP contribution in [0.3, 0.4) is 0 Å². The summed E-state index contributed by atoms with van der Waals surface area (Å²) < 4.78 is 75.4. The number of amidine groups is 1. The van der Waals surface area contributed by atoms with Gasteiger partial charge in [-0.2, -0.15) is 26.3 Å². The van der Waals surface area contributed by atoms with Gasteiger partial charge in [0.05, 0.1) is 21.7 Å². The number of alkyl halides is 6. The standard InChI is InChI=1S/C9H5ClF6N2O/c10-6-4(9(14,15)16)2-1-3(8(11,12)13)5(6)7(17)18-19/h1-2,19H,(H2,17,18). The Balaban J connectivity index is 3.70. The van der Waals surface area contributed by atoms with Crippen molar-refractivity contribution in [2.24, 2.45) is 10.9 Å². The van der Waals surface area contributed by atoms with Crippen LogP contribution in [0.5, 0.6) is 0 Å². The third-order valence-corrected chi connectivity index (χ3v) is 2.51. The van der Waals surface area contributed by atoms with Crippen molar-refractivity contribution >= 4 is 17.4 Å². The molecular formula is C9H5ClF6N2O. The molecule has 1 rings (SSSR count). The lowest BCUT2D eigenvalue weighted by atomic mass is 10.0. The summed E-state index contributed by atoms with van der Waals surface area (Å²) in [5.41, 5.74) is 0.699. The maximum Gasteiger partial charge on any atom is 0.417 e.